The predicted molar refractivity (Wildman–Crippen MR) is 104 cm³/mol. The number of carbonyl (C=O) groups excluding carboxylic acids is 2. The van der Waals surface area contributed by atoms with Crippen LogP contribution in [0.25, 0.3) is 0 Å². The van der Waals surface area contributed by atoms with Crippen LogP contribution in [0.3, 0.4) is 0 Å². The molecule has 0 bridgehead atoms. The lowest BCUT2D eigenvalue weighted by Gasteiger charge is -2.19. The molecular formula is C20H23N3O5. The van der Waals surface area contributed by atoms with Crippen LogP contribution < -0.4 is 21.1 Å². The van der Waals surface area contributed by atoms with Crippen LogP contribution in [0.5, 0.6) is 5.75 Å². The molecule has 1 atom stereocenters. The van der Waals surface area contributed by atoms with Crippen LogP contribution in [0.4, 0.5) is 10.5 Å². The zero-order valence-corrected chi connectivity index (χ0v) is 15.3. The number of ether oxygens (including phenoxy) is 1. The number of anilines is 1. The van der Waals surface area contributed by atoms with Crippen LogP contribution in [-0.2, 0) is 16.0 Å². The minimum absolute atomic E-state index is 0.0380. The topological polar surface area (TPSA) is 131 Å². The lowest BCUT2D eigenvalue weighted by molar-refractivity contribution is -0.137. The first-order valence-corrected chi connectivity index (χ1v) is 8.77. The van der Waals surface area contributed by atoms with Gasteiger partial charge in [0.25, 0.3) is 5.91 Å². The van der Waals surface area contributed by atoms with Crippen molar-refractivity contribution in [3.63, 3.8) is 0 Å². The van der Waals surface area contributed by atoms with Crippen molar-refractivity contribution in [1.29, 1.82) is 0 Å². The van der Waals surface area contributed by atoms with E-state index in [2.05, 4.69) is 10.6 Å². The molecule has 0 spiro atoms. The standard InChI is InChI=1S/C20H23N3O5/c21-18(24)13-28-17-9-6-15(7-10-17)22-20(27)23-16(8-11-19(25)26)12-14-4-2-1-3-5-14/h1-7,9-10,16H,8,11-13H2,(H2,21,24)(H,25,26)(H2,22,23,27). The maximum absolute atomic E-state index is 12.3. The number of amides is 3. The van der Waals surface area contributed by atoms with Gasteiger partial charge >= 0.3 is 12.0 Å². The van der Waals surface area contributed by atoms with Crippen molar-refractivity contribution in [3.05, 3.63) is 60.2 Å². The SMILES string of the molecule is NC(=O)COc1ccc(NC(=O)NC(CCC(=O)O)Cc2ccccc2)cc1. The summed E-state index contributed by atoms with van der Waals surface area (Å²) >= 11 is 0. The molecule has 2 aromatic rings. The van der Waals surface area contributed by atoms with E-state index in [1.54, 1.807) is 24.3 Å². The maximum Gasteiger partial charge on any atom is 0.319 e. The number of carbonyl (C=O) groups is 3. The lowest BCUT2D eigenvalue weighted by atomic mass is 10.0. The van der Waals surface area contributed by atoms with Crippen LogP contribution in [0.15, 0.2) is 54.6 Å². The molecule has 0 aliphatic carbocycles. The van der Waals surface area contributed by atoms with Crippen LogP contribution in [-0.4, -0.2) is 35.7 Å². The number of urea groups is 1. The van der Waals surface area contributed by atoms with Gasteiger partial charge in [0.15, 0.2) is 6.61 Å². The summed E-state index contributed by atoms with van der Waals surface area (Å²) in [6.07, 6.45) is 0.808. The fraction of sp³-hybridized carbons (Fsp3) is 0.250. The van der Waals surface area contributed by atoms with Crippen molar-refractivity contribution in [2.75, 3.05) is 11.9 Å². The number of benzene rings is 2. The molecule has 0 saturated carbocycles. The van der Waals surface area contributed by atoms with Crippen molar-refractivity contribution in [2.45, 2.75) is 25.3 Å². The Morgan fingerprint density at radius 1 is 1.04 bits per heavy atom. The molecule has 2 rings (SSSR count). The van der Waals surface area contributed by atoms with Gasteiger partial charge in [0.05, 0.1) is 0 Å². The maximum atomic E-state index is 12.3. The zero-order chi connectivity index (χ0) is 20.4. The number of nitrogens with one attached hydrogen (secondary N) is 2. The molecule has 0 radical (unpaired) electrons. The summed E-state index contributed by atoms with van der Waals surface area (Å²) in [7, 11) is 0. The van der Waals surface area contributed by atoms with Crippen molar-refractivity contribution < 1.29 is 24.2 Å². The molecule has 148 valence electrons. The number of carboxylic acids is 1. The Bertz CT molecular complexity index is 793. The van der Waals surface area contributed by atoms with E-state index in [9.17, 15) is 14.4 Å². The van der Waals surface area contributed by atoms with Gasteiger partial charge in [-0.1, -0.05) is 30.3 Å². The molecule has 5 N–H and O–H groups in total. The summed E-state index contributed by atoms with van der Waals surface area (Å²) in [4.78, 5) is 33.9. The van der Waals surface area contributed by atoms with E-state index >= 15 is 0 Å². The number of hydrogen-bond acceptors (Lipinski definition) is 4. The van der Waals surface area contributed by atoms with E-state index < -0.39 is 17.9 Å². The number of aliphatic carboxylic acids is 1. The Morgan fingerprint density at radius 2 is 1.71 bits per heavy atom. The monoisotopic (exact) mass is 385 g/mol. The molecule has 0 aliphatic heterocycles. The Labute approximate surface area is 162 Å². The molecule has 0 heterocycles. The van der Waals surface area contributed by atoms with E-state index in [0.717, 1.165) is 5.56 Å². The summed E-state index contributed by atoms with van der Waals surface area (Å²) in [6, 6.07) is 15.2. The number of nitrogens with two attached hydrogens (primary N) is 1. The Morgan fingerprint density at radius 3 is 2.32 bits per heavy atom. The highest BCUT2D eigenvalue weighted by molar-refractivity contribution is 5.89. The van der Waals surface area contributed by atoms with Crippen molar-refractivity contribution in [2.24, 2.45) is 5.73 Å². The number of rotatable bonds is 10. The van der Waals surface area contributed by atoms with Gasteiger partial charge in [-0.2, -0.15) is 0 Å². The fourth-order valence-electron chi connectivity index (χ4n) is 2.56. The third-order valence-corrected chi connectivity index (χ3v) is 3.86. The normalized spacial score (nSPS) is 11.3. The molecule has 0 saturated heterocycles. The van der Waals surface area contributed by atoms with Gasteiger partial charge in [-0.05, 0) is 42.7 Å². The largest absolute Gasteiger partial charge is 0.484 e. The molecule has 0 aromatic heterocycles. The second-order valence-electron chi connectivity index (χ2n) is 6.20. The first kappa shape index (κ1) is 20.8. The van der Waals surface area contributed by atoms with Crippen LogP contribution in [0.1, 0.15) is 18.4 Å². The lowest BCUT2D eigenvalue weighted by Crippen LogP contribution is -2.39. The van der Waals surface area contributed by atoms with Gasteiger partial charge in [0, 0.05) is 18.2 Å². The van der Waals surface area contributed by atoms with Gasteiger partial charge in [0.1, 0.15) is 5.75 Å². The summed E-state index contributed by atoms with van der Waals surface area (Å²) in [5.41, 5.74) is 6.55. The second-order valence-corrected chi connectivity index (χ2v) is 6.20. The third kappa shape index (κ3) is 7.77. The molecule has 8 nitrogen and oxygen atoms in total. The Balaban J connectivity index is 1.92. The second kappa shape index (κ2) is 10.6. The summed E-state index contributed by atoms with van der Waals surface area (Å²) in [6.45, 7) is -0.224. The van der Waals surface area contributed by atoms with E-state index in [1.165, 1.54) is 0 Å². The van der Waals surface area contributed by atoms with Crippen LogP contribution >= 0.6 is 0 Å². The van der Waals surface area contributed by atoms with E-state index in [-0.39, 0.29) is 19.1 Å². The highest BCUT2D eigenvalue weighted by Gasteiger charge is 2.15. The summed E-state index contributed by atoms with van der Waals surface area (Å²) < 4.78 is 5.15. The molecule has 8 heteroatoms. The summed E-state index contributed by atoms with van der Waals surface area (Å²) in [5.74, 6) is -1.03. The van der Waals surface area contributed by atoms with Crippen molar-refractivity contribution >= 4 is 23.6 Å². The van der Waals surface area contributed by atoms with Crippen LogP contribution in [0.2, 0.25) is 0 Å². The van der Waals surface area contributed by atoms with Crippen molar-refractivity contribution in [3.8, 4) is 5.75 Å². The predicted octanol–water partition coefficient (Wildman–Crippen LogP) is 2.15. The first-order valence-electron chi connectivity index (χ1n) is 8.77. The molecule has 28 heavy (non-hydrogen) atoms. The third-order valence-electron chi connectivity index (χ3n) is 3.86. The minimum Gasteiger partial charge on any atom is -0.484 e. The van der Waals surface area contributed by atoms with Crippen molar-refractivity contribution in [1.82, 2.24) is 5.32 Å². The van der Waals surface area contributed by atoms with E-state index in [1.807, 2.05) is 30.3 Å². The van der Waals surface area contributed by atoms with Gasteiger partial charge in [-0.25, -0.2) is 4.79 Å². The quantitative estimate of drug-likeness (QED) is 0.498. The number of carboxylic acid groups (broad SMARTS) is 1. The molecular weight excluding hydrogens is 362 g/mol. The molecule has 2 aromatic carbocycles. The number of hydrogen-bond donors (Lipinski definition) is 4. The van der Waals surface area contributed by atoms with Crippen LogP contribution in [0, 0.1) is 0 Å². The Hall–Kier alpha value is -3.55. The molecule has 3 amide bonds. The summed E-state index contributed by atoms with van der Waals surface area (Å²) in [5, 5.41) is 14.4. The molecule has 1 unspecified atom stereocenters. The Kier molecular flexibility index (Phi) is 7.83. The van der Waals surface area contributed by atoms with Gasteiger partial charge < -0.3 is 26.2 Å². The average Bonchev–Trinajstić information content (AvgIpc) is 2.66. The minimum atomic E-state index is -0.910. The smallest absolute Gasteiger partial charge is 0.319 e. The highest BCUT2D eigenvalue weighted by Crippen LogP contribution is 2.16. The van der Waals surface area contributed by atoms with Gasteiger partial charge in [-0.15, -0.1) is 0 Å². The van der Waals surface area contributed by atoms with E-state index in [4.69, 9.17) is 15.6 Å². The molecule has 0 fully saturated rings. The fourth-order valence-corrected chi connectivity index (χ4v) is 2.56. The highest BCUT2D eigenvalue weighted by atomic mass is 16.5. The van der Waals surface area contributed by atoms with E-state index in [0.29, 0.717) is 24.3 Å². The average molecular weight is 385 g/mol. The zero-order valence-electron chi connectivity index (χ0n) is 15.3. The molecule has 0 aliphatic rings. The first-order chi connectivity index (χ1) is 13.4. The number of primary amides is 1. The van der Waals surface area contributed by atoms with Gasteiger partial charge in [-0.3, -0.25) is 9.59 Å². The van der Waals surface area contributed by atoms with Gasteiger partial charge in [0.2, 0.25) is 0 Å².